The first kappa shape index (κ1) is 23.3. The van der Waals surface area contributed by atoms with E-state index in [1.54, 1.807) is 4.90 Å². The number of rotatable bonds is 8. The fourth-order valence-electron chi connectivity index (χ4n) is 3.57. The molecular formula is C25H33N5O2. The number of piperazine rings is 1. The van der Waals surface area contributed by atoms with Crippen LogP contribution in [0.1, 0.15) is 41.8 Å². The molecule has 1 atom stereocenters. The van der Waals surface area contributed by atoms with E-state index < -0.39 is 0 Å². The van der Waals surface area contributed by atoms with Gasteiger partial charge >= 0.3 is 0 Å². The van der Waals surface area contributed by atoms with Crippen molar-refractivity contribution in [2.45, 2.75) is 39.3 Å². The van der Waals surface area contributed by atoms with E-state index in [1.807, 2.05) is 37.3 Å². The van der Waals surface area contributed by atoms with E-state index in [1.165, 1.54) is 5.56 Å². The van der Waals surface area contributed by atoms with Crippen LogP contribution in [-0.4, -0.2) is 54.9 Å². The highest BCUT2D eigenvalue weighted by atomic mass is 16.2. The van der Waals surface area contributed by atoms with Crippen LogP contribution in [-0.2, 0) is 17.8 Å². The second kappa shape index (κ2) is 11.9. The Hall–Kier alpha value is -3.35. The molecule has 3 rings (SSSR count). The molecule has 2 aromatic rings. The van der Waals surface area contributed by atoms with Gasteiger partial charge in [-0.25, -0.2) is 4.99 Å². The molecule has 2 aromatic carbocycles. The van der Waals surface area contributed by atoms with E-state index in [9.17, 15) is 9.59 Å². The van der Waals surface area contributed by atoms with Crippen molar-refractivity contribution < 1.29 is 9.59 Å². The van der Waals surface area contributed by atoms with Crippen LogP contribution in [0.3, 0.4) is 0 Å². The van der Waals surface area contributed by atoms with Crippen LogP contribution in [0.15, 0.2) is 59.6 Å². The summed E-state index contributed by atoms with van der Waals surface area (Å²) in [6.45, 7) is 6.67. The van der Waals surface area contributed by atoms with Gasteiger partial charge in [0.2, 0.25) is 5.91 Å². The van der Waals surface area contributed by atoms with Crippen LogP contribution in [0.4, 0.5) is 0 Å². The van der Waals surface area contributed by atoms with Gasteiger partial charge in [-0.3, -0.25) is 9.59 Å². The zero-order chi connectivity index (χ0) is 22.8. The molecule has 0 aromatic heterocycles. The Bertz CT molecular complexity index is 912. The van der Waals surface area contributed by atoms with Crippen LogP contribution >= 0.6 is 0 Å². The van der Waals surface area contributed by atoms with Crippen molar-refractivity contribution in [1.82, 2.24) is 20.9 Å². The van der Waals surface area contributed by atoms with E-state index >= 15 is 0 Å². The molecule has 0 aliphatic carbocycles. The Morgan fingerprint density at radius 3 is 2.56 bits per heavy atom. The number of hydrogen-bond donors (Lipinski definition) is 3. The number of amides is 2. The molecule has 7 heteroatoms. The summed E-state index contributed by atoms with van der Waals surface area (Å²) in [5.41, 5.74) is 2.95. The van der Waals surface area contributed by atoms with Gasteiger partial charge in [0.25, 0.3) is 5.91 Å². The number of carbonyl (C=O) groups excluding carboxylic acids is 2. The van der Waals surface area contributed by atoms with Crippen molar-refractivity contribution in [2.75, 3.05) is 26.2 Å². The van der Waals surface area contributed by atoms with E-state index in [4.69, 9.17) is 4.99 Å². The summed E-state index contributed by atoms with van der Waals surface area (Å²) in [4.78, 5) is 30.4. The molecule has 1 heterocycles. The normalized spacial score (nSPS) is 15.1. The fourth-order valence-corrected chi connectivity index (χ4v) is 3.57. The number of hydrogen-bond acceptors (Lipinski definition) is 3. The van der Waals surface area contributed by atoms with Crippen LogP contribution in [0.2, 0.25) is 0 Å². The standard InChI is InChI=1S/C25H33N5O2/c1-3-26-25(29-19(2)9-10-20-7-5-4-6-8-20)28-17-21-11-13-22(14-12-21)24(32)30-16-15-27-23(31)18-30/h4-8,11-14,19H,3,9-10,15-18H2,1-2H3,(H,27,31)(H2,26,28,29). The van der Waals surface area contributed by atoms with Gasteiger partial charge in [0.05, 0.1) is 13.1 Å². The number of aliphatic imine (C=N–C) groups is 1. The Morgan fingerprint density at radius 2 is 1.88 bits per heavy atom. The smallest absolute Gasteiger partial charge is 0.254 e. The van der Waals surface area contributed by atoms with Gasteiger partial charge in [-0.15, -0.1) is 0 Å². The van der Waals surface area contributed by atoms with Crippen molar-refractivity contribution in [3.63, 3.8) is 0 Å². The Labute approximate surface area is 190 Å². The van der Waals surface area contributed by atoms with Crippen LogP contribution in [0.5, 0.6) is 0 Å². The summed E-state index contributed by atoms with van der Waals surface area (Å²) in [6.07, 6.45) is 2.03. The zero-order valence-electron chi connectivity index (χ0n) is 18.9. The summed E-state index contributed by atoms with van der Waals surface area (Å²) >= 11 is 0. The van der Waals surface area contributed by atoms with Crippen molar-refractivity contribution >= 4 is 17.8 Å². The second-order valence-electron chi connectivity index (χ2n) is 8.04. The molecular weight excluding hydrogens is 402 g/mol. The second-order valence-corrected chi connectivity index (χ2v) is 8.04. The van der Waals surface area contributed by atoms with Gasteiger partial charge in [-0.05, 0) is 49.9 Å². The maximum atomic E-state index is 12.6. The summed E-state index contributed by atoms with van der Waals surface area (Å²) in [7, 11) is 0. The van der Waals surface area contributed by atoms with Gasteiger partial charge in [0.15, 0.2) is 5.96 Å². The monoisotopic (exact) mass is 435 g/mol. The molecule has 1 fully saturated rings. The maximum absolute atomic E-state index is 12.6. The molecule has 2 amide bonds. The predicted octanol–water partition coefficient (Wildman–Crippen LogP) is 2.34. The average Bonchev–Trinajstić information content (AvgIpc) is 2.82. The van der Waals surface area contributed by atoms with Gasteiger partial charge in [0, 0.05) is 31.2 Å². The Kier molecular flexibility index (Phi) is 8.66. The molecule has 32 heavy (non-hydrogen) atoms. The highest BCUT2D eigenvalue weighted by Gasteiger charge is 2.22. The molecule has 1 aliphatic heterocycles. The number of benzene rings is 2. The van der Waals surface area contributed by atoms with Crippen LogP contribution in [0.25, 0.3) is 0 Å². The van der Waals surface area contributed by atoms with E-state index in [0.717, 1.165) is 30.9 Å². The Morgan fingerprint density at radius 1 is 1.12 bits per heavy atom. The number of nitrogens with zero attached hydrogens (tertiary/aromatic N) is 2. The minimum Gasteiger partial charge on any atom is -0.357 e. The maximum Gasteiger partial charge on any atom is 0.254 e. The molecule has 0 radical (unpaired) electrons. The molecule has 0 saturated carbocycles. The van der Waals surface area contributed by atoms with Crippen molar-refractivity contribution in [3.8, 4) is 0 Å². The SMILES string of the molecule is CCNC(=NCc1ccc(C(=O)N2CCNC(=O)C2)cc1)NC(C)CCc1ccccc1. The summed E-state index contributed by atoms with van der Waals surface area (Å²) in [5, 5.41) is 9.51. The molecule has 0 spiro atoms. The molecule has 1 unspecified atom stereocenters. The van der Waals surface area contributed by atoms with Crippen LogP contribution < -0.4 is 16.0 Å². The van der Waals surface area contributed by atoms with Gasteiger partial charge in [-0.2, -0.15) is 0 Å². The lowest BCUT2D eigenvalue weighted by molar-refractivity contribution is -0.123. The first-order valence-corrected chi connectivity index (χ1v) is 11.3. The number of aryl methyl sites for hydroxylation is 1. The summed E-state index contributed by atoms with van der Waals surface area (Å²) in [6, 6.07) is 18.2. The quantitative estimate of drug-likeness (QED) is 0.439. The van der Waals surface area contributed by atoms with Gasteiger partial charge in [0.1, 0.15) is 0 Å². The van der Waals surface area contributed by atoms with Crippen molar-refractivity contribution in [3.05, 3.63) is 71.3 Å². The van der Waals surface area contributed by atoms with E-state index in [2.05, 4.69) is 47.1 Å². The minimum absolute atomic E-state index is 0.114. The third kappa shape index (κ3) is 7.11. The first-order chi connectivity index (χ1) is 15.5. The van der Waals surface area contributed by atoms with Gasteiger partial charge in [-0.1, -0.05) is 42.5 Å². The van der Waals surface area contributed by atoms with Gasteiger partial charge < -0.3 is 20.9 Å². The number of nitrogens with one attached hydrogen (secondary N) is 3. The third-order valence-electron chi connectivity index (χ3n) is 5.38. The molecule has 1 saturated heterocycles. The summed E-state index contributed by atoms with van der Waals surface area (Å²) in [5.74, 6) is 0.557. The van der Waals surface area contributed by atoms with E-state index in [-0.39, 0.29) is 24.4 Å². The molecule has 1 aliphatic rings. The first-order valence-electron chi connectivity index (χ1n) is 11.3. The molecule has 7 nitrogen and oxygen atoms in total. The predicted molar refractivity (Wildman–Crippen MR) is 128 cm³/mol. The highest BCUT2D eigenvalue weighted by Crippen LogP contribution is 2.10. The lowest BCUT2D eigenvalue weighted by Crippen LogP contribution is -2.49. The topological polar surface area (TPSA) is 85.8 Å². The average molecular weight is 436 g/mol. The van der Waals surface area contributed by atoms with Crippen molar-refractivity contribution in [2.24, 2.45) is 4.99 Å². The zero-order valence-corrected chi connectivity index (χ0v) is 18.9. The van der Waals surface area contributed by atoms with E-state index in [0.29, 0.717) is 25.2 Å². The lowest BCUT2D eigenvalue weighted by Gasteiger charge is -2.26. The van der Waals surface area contributed by atoms with Crippen LogP contribution in [0, 0.1) is 0 Å². The number of guanidine groups is 1. The third-order valence-corrected chi connectivity index (χ3v) is 5.38. The molecule has 0 bridgehead atoms. The summed E-state index contributed by atoms with van der Waals surface area (Å²) < 4.78 is 0. The number of carbonyl (C=O) groups is 2. The largest absolute Gasteiger partial charge is 0.357 e. The molecule has 3 N–H and O–H groups in total. The highest BCUT2D eigenvalue weighted by molar-refractivity contribution is 5.97. The Balaban J connectivity index is 1.53. The molecule has 170 valence electrons. The minimum atomic E-state index is -0.114. The van der Waals surface area contributed by atoms with Crippen molar-refractivity contribution in [1.29, 1.82) is 0 Å². The fraction of sp³-hybridized carbons (Fsp3) is 0.400. The lowest BCUT2D eigenvalue weighted by atomic mass is 10.1.